The minimum absolute atomic E-state index is 0. The Morgan fingerprint density at radius 1 is 1.39 bits per heavy atom. The highest BCUT2D eigenvalue weighted by Crippen LogP contribution is 2.19. The zero-order chi connectivity index (χ0) is 12.7. The fourth-order valence-corrected chi connectivity index (χ4v) is 2.10. The normalized spacial score (nSPS) is 9.50. The summed E-state index contributed by atoms with van der Waals surface area (Å²) in [5.41, 5.74) is 0.691. The van der Waals surface area contributed by atoms with E-state index >= 15 is 0 Å². The topological polar surface area (TPSA) is 50.4 Å². The number of hydrogen-bond acceptors (Lipinski definition) is 3. The van der Waals surface area contributed by atoms with Gasteiger partial charge in [0.15, 0.2) is 0 Å². The molecule has 0 atom stereocenters. The third-order valence-electron chi connectivity index (χ3n) is 2.31. The molecule has 0 aliphatic carbocycles. The van der Waals surface area contributed by atoms with Crippen LogP contribution in [0.1, 0.15) is 16.8 Å². The Kier molecular flexibility index (Phi) is 9.13. The van der Waals surface area contributed by atoms with Crippen LogP contribution in [-0.4, -0.2) is 33.2 Å². The lowest BCUT2D eigenvalue weighted by Crippen LogP contribution is -2.27. The van der Waals surface area contributed by atoms with Crippen molar-refractivity contribution in [3.8, 4) is 5.75 Å². The van der Waals surface area contributed by atoms with Gasteiger partial charge < -0.3 is 15.4 Å². The maximum absolute atomic E-state index is 11.9. The molecule has 1 amide bonds. The van der Waals surface area contributed by atoms with Gasteiger partial charge in [0, 0.05) is 10.1 Å². The third-order valence-corrected chi connectivity index (χ3v) is 3.20. The fraction of sp³-hybridized carbons (Fsp3) is 0.417. The zero-order valence-electron chi connectivity index (χ0n) is 10.5. The number of halogens is 2. The second kappa shape index (κ2) is 9.41. The molecule has 0 bridgehead atoms. The standard InChI is InChI=1S/C12H17IN2O2.ClH/c1-14-6-3-7-15-12(16)10-5-4-9(17-2)8-11(10)13;/h4-5,8,14H,3,6-7H2,1-2H3,(H,15,16);1H. The Morgan fingerprint density at radius 2 is 2.11 bits per heavy atom. The highest BCUT2D eigenvalue weighted by atomic mass is 127. The number of amides is 1. The van der Waals surface area contributed by atoms with E-state index in [1.54, 1.807) is 19.2 Å². The average Bonchev–Trinajstić information content (AvgIpc) is 2.34. The molecule has 0 aliphatic rings. The number of ether oxygens (including phenoxy) is 1. The summed E-state index contributed by atoms with van der Waals surface area (Å²) in [5, 5.41) is 5.93. The Morgan fingerprint density at radius 3 is 2.67 bits per heavy atom. The van der Waals surface area contributed by atoms with Crippen LogP contribution in [0, 0.1) is 3.57 Å². The van der Waals surface area contributed by atoms with E-state index in [9.17, 15) is 4.79 Å². The van der Waals surface area contributed by atoms with Gasteiger partial charge in [-0.2, -0.15) is 0 Å². The van der Waals surface area contributed by atoms with Crippen molar-refractivity contribution in [1.82, 2.24) is 10.6 Å². The Labute approximate surface area is 127 Å². The van der Waals surface area contributed by atoms with Crippen LogP contribution in [0.15, 0.2) is 18.2 Å². The number of carbonyl (C=O) groups excluding carboxylic acids is 1. The van der Waals surface area contributed by atoms with Gasteiger partial charge in [0.1, 0.15) is 5.75 Å². The third kappa shape index (κ3) is 5.41. The van der Waals surface area contributed by atoms with Crippen molar-refractivity contribution < 1.29 is 9.53 Å². The first kappa shape index (κ1) is 17.5. The molecule has 0 aromatic heterocycles. The molecule has 4 nitrogen and oxygen atoms in total. The van der Waals surface area contributed by atoms with Gasteiger partial charge in [0.05, 0.1) is 12.7 Å². The maximum Gasteiger partial charge on any atom is 0.252 e. The SMILES string of the molecule is CNCCCNC(=O)c1ccc(OC)cc1I.Cl. The Balaban J connectivity index is 0.00000289. The second-order valence-corrected chi connectivity index (χ2v) is 4.72. The molecule has 2 N–H and O–H groups in total. The van der Waals surface area contributed by atoms with Gasteiger partial charge in [0.2, 0.25) is 0 Å². The summed E-state index contributed by atoms with van der Waals surface area (Å²) in [6.07, 6.45) is 0.926. The molecule has 0 spiro atoms. The van der Waals surface area contributed by atoms with Gasteiger partial charge in [0.25, 0.3) is 5.91 Å². The first-order valence-electron chi connectivity index (χ1n) is 5.45. The first-order chi connectivity index (χ1) is 8.19. The molecule has 0 aliphatic heterocycles. The lowest BCUT2D eigenvalue weighted by molar-refractivity contribution is 0.0952. The predicted octanol–water partition coefficient (Wildman–Crippen LogP) is 2.06. The van der Waals surface area contributed by atoms with Crippen molar-refractivity contribution in [2.75, 3.05) is 27.2 Å². The number of rotatable bonds is 6. The smallest absolute Gasteiger partial charge is 0.252 e. The van der Waals surface area contributed by atoms with Gasteiger partial charge >= 0.3 is 0 Å². The monoisotopic (exact) mass is 384 g/mol. The minimum Gasteiger partial charge on any atom is -0.497 e. The molecular formula is C12H18ClIN2O2. The van der Waals surface area contributed by atoms with E-state index < -0.39 is 0 Å². The summed E-state index contributed by atoms with van der Waals surface area (Å²) in [6.45, 7) is 1.59. The molecule has 1 rings (SSSR count). The van der Waals surface area contributed by atoms with Crippen LogP contribution in [0.3, 0.4) is 0 Å². The van der Waals surface area contributed by atoms with Crippen LogP contribution < -0.4 is 15.4 Å². The van der Waals surface area contributed by atoms with Crippen molar-refractivity contribution in [3.05, 3.63) is 27.3 Å². The molecule has 1 aromatic carbocycles. The van der Waals surface area contributed by atoms with Crippen LogP contribution in [0.5, 0.6) is 5.75 Å². The summed E-state index contributed by atoms with van der Waals surface area (Å²) < 4.78 is 5.99. The molecule has 0 heterocycles. The summed E-state index contributed by atoms with van der Waals surface area (Å²) in [7, 11) is 3.51. The molecule has 18 heavy (non-hydrogen) atoms. The van der Waals surface area contributed by atoms with Crippen molar-refractivity contribution >= 4 is 40.9 Å². The largest absolute Gasteiger partial charge is 0.497 e. The lowest BCUT2D eigenvalue weighted by atomic mass is 10.2. The van der Waals surface area contributed by atoms with Crippen LogP contribution in [-0.2, 0) is 0 Å². The van der Waals surface area contributed by atoms with E-state index in [1.165, 1.54) is 0 Å². The van der Waals surface area contributed by atoms with Crippen molar-refractivity contribution in [3.63, 3.8) is 0 Å². The minimum atomic E-state index is -0.0341. The van der Waals surface area contributed by atoms with E-state index in [2.05, 4.69) is 33.2 Å². The molecule has 102 valence electrons. The van der Waals surface area contributed by atoms with Crippen molar-refractivity contribution in [1.29, 1.82) is 0 Å². The highest BCUT2D eigenvalue weighted by Gasteiger charge is 2.09. The van der Waals surface area contributed by atoms with E-state index in [0.717, 1.165) is 22.3 Å². The molecular weight excluding hydrogens is 367 g/mol. The maximum atomic E-state index is 11.9. The summed E-state index contributed by atoms with van der Waals surface area (Å²) in [4.78, 5) is 11.9. The zero-order valence-corrected chi connectivity index (χ0v) is 13.4. The second-order valence-electron chi connectivity index (χ2n) is 3.56. The number of methoxy groups -OCH3 is 1. The van der Waals surface area contributed by atoms with Crippen LogP contribution in [0.25, 0.3) is 0 Å². The number of hydrogen-bond donors (Lipinski definition) is 2. The fourth-order valence-electron chi connectivity index (χ4n) is 1.37. The van der Waals surface area contributed by atoms with Gasteiger partial charge in [-0.05, 0) is 60.8 Å². The van der Waals surface area contributed by atoms with Gasteiger partial charge in [-0.15, -0.1) is 12.4 Å². The average molecular weight is 385 g/mol. The van der Waals surface area contributed by atoms with E-state index in [-0.39, 0.29) is 18.3 Å². The van der Waals surface area contributed by atoms with E-state index in [1.807, 2.05) is 13.1 Å². The number of carbonyl (C=O) groups is 1. The van der Waals surface area contributed by atoms with Crippen LogP contribution in [0.4, 0.5) is 0 Å². The summed E-state index contributed by atoms with van der Waals surface area (Å²) in [6, 6.07) is 5.43. The van der Waals surface area contributed by atoms with Crippen LogP contribution >= 0.6 is 35.0 Å². The molecule has 0 fully saturated rings. The van der Waals surface area contributed by atoms with Gasteiger partial charge in [-0.3, -0.25) is 4.79 Å². The Hall–Kier alpha value is -0.530. The summed E-state index contributed by atoms with van der Waals surface area (Å²) >= 11 is 2.14. The Bertz CT molecular complexity index is 388. The molecule has 0 saturated carbocycles. The molecule has 0 radical (unpaired) electrons. The molecule has 0 saturated heterocycles. The predicted molar refractivity (Wildman–Crippen MR) is 83.8 cm³/mol. The lowest BCUT2D eigenvalue weighted by Gasteiger charge is -2.08. The van der Waals surface area contributed by atoms with E-state index in [4.69, 9.17) is 4.74 Å². The quantitative estimate of drug-likeness (QED) is 0.583. The molecule has 0 unspecified atom stereocenters. The molecule has 1 aromatic rings. The van der Waals surface area contributed by atoms with Gasteiger partial charge in [-0.25, -0.2) is 0 Å². The van der Waals surface area contributed by atoms with Crippen LogP contribution in [0.2, 0.25) is 0 Å². The van der Waals surface area contributed by atoms with Gasteiger partial charge in [-0.1, -0.05) is 0 Å². The summed E-state index contributed by atoms with van der Waals surface area (Å²) in [5.74, 6) is 0.731. The van der Waals surface area contributed by atoms with E-state index in [0.29, 0.717) is 12.1 Å². The highest BCUT2D eigenvalue weighted by molar-refractivity contribution is 14.1. The number of benzene rings is 1. The van der Waals surface area contributed by atoms with Crippen molar-refractivity contribution in [2.45, 2.75) is 6.42 Å². The first-order valence-corrected chi connectivity index (χ1v) is 6.53. The number of nitrogens with one attached hydrogen (secondary N) is 2. The van der Waals surface area contributed by atoms with Crippen molar-refractivity contribution in [2.24, 2.45) is 0 Å². The molecule has 6 heteroatoms.